The molecule has 2 atom stereocenters. The lowest BCUT2D eigenvalue weighted by Gasteiger charge is -2.60. The zero-order chi connectivity index (χ0) is 17.9. The Morgan fingerprint density at radius 3 is 2.62 bits per heavy atom. The van der Waals surface area contributed by atoms with Gasteiger partial charge in [-0.3, -0.25) is 0 Å². The van der Waals surface area contributed by atoms with Crippen LogP contribution in [0.2, 0.25) is 5.02 Å². The van der Waals surface area contributed by atoms with Gasteiger partial charge in [0.2, 0.25) is 0 Å². The van der Waals surface area contributed by atoms with E-state index >= 15 is 0 Å². The van der Waals surface area contributed by atoms with Gasteiger partial charge >= 0.3 is 0 Å². The SMILES string of the molecule is OC12CC3CC(C1)CC(NCc1ccc(-c4ccc(F)c(Cl)c4)o1)(C3)C2. The van der Waals surface area contributed by atoms with E-state index in [4.69, 9.17) is 16.0 Å². The number of hydrogen-bond donors (Lipinski definition) is 2. The van der Waals surface area contributed by atoms with Crippen LogP contribution < -0.4 is 5.32 Å². The second-order valence-electron chi connectivity index (χ2n) is 8.71. The van der Waals surface area contributed by atoms with Gasteiger partial charge in [0.1, 0.15) is 17.3 Å². The molecule has 4 bridgehead atoms. The summed E-state index contributed by atoms with van der Waals surface area (Å²) in [6, 6.07) is 8.46. The lowest BCUT2D eigenvalue weighted by molar-refractivity contribution is -0.143. The molecule has 0 aliphatic heterocycles. The van der Waals surface area contributed by atoms with E-state index in [1.165, 1.54) is 12.5 Å². The smallest absolute Gasteiger partial charge is 0.141 e. The number of aliphatic hydroxyl groups is 1. The summed E-state index contributed by atoms with van der Waals surface area (Å²) in [5, 5.41) is 14.7. The first kappa shape index (κ1) is 16.8. The van der Waals surface area contributed by atoms with E-state index in [1.54, 1.807) is 12.1 Å². The minimum Gasteiger partial charge on any atom is -0.460 e. The summed E-state index contributed by atoms with van der Waals surface area (Å²) >= 11 is 5.87. The van der Waals surface area contributed by atoms with Crippen molar-refractivity contribution in [3.05, 3.63) is 46.9 Å². The summed E-state index contributed by atoms with van der Waals surface area (Å²) in [5.41, 5.74) is 0.355. The molecular formula is C21H23ClFNO2. The first-order valence-electron chi connectivity index (χ1n) is 9.44. The molecule has 138 valence electrons. The summed E-state index contributed by atoms with van der Waals surface area (Å²) in [6.07, 6.45) is 6.41. The van der Waals surface area contributed by atoms with Gasteiger partial charge in [0.25, 0.3) is 0 Å². The number of benzene rings is 1. The van der Waals surface area contributed by atoms with Crippen LogP contribution in [0.1, 0.15) is 44.3 Å². The van der Waals surface area contributed by atoms with Crippen molar-refractivity contribution in [1.29, 1.82) is 0 Å². The first-order valence-corrected chi connectivity index (χ1v) is 9.81. The summed E-state index contributed by atoms with van der Waals surface area (Å²) < 4.78 is 19.3. The summed E-state index contributed by atoms with van der Waals surface area (Å²) in [5.74, 6) is 2.42. The highest BCUT2D eigenvalue weighted by Crippen LogP contribution is 2.57. The molecule has 5 heteroatoms. The van der Waals surface area contributed by atoms with Gasteiger partial charge in [-0.2, -0.15) is 0 Å². The zero-order valence-electron chi connectivity index (χ0n) is 14.6. The third-order valence-electron chi connectivity index (χ3n) is 6.53. The third kappa shape index (κ3) is 2.88. The largest absolute Gasteiger partial charge is 0.460 e. The second kappa shape index (κ2) is 5.82. The predicted molar refractivity (Wildman–Crippen MR) is 98.3 cm³/mol. The molecule has 0 amide bonds. The standard InChI is InChI=1S/C21H23ClFNO2/c22-17-6-15(1-3-18(17)23)19-4-2-16(26-19)11-24-20-7-13-5-14(8-20)10-21(25,9-13)12-20/h1-4,6,13-14,24-25H,5,7-12H2. The Hall–Kier alpha value is -1.36. The molecule has 0 saturated heterocycles. The summed E-state index contributed by atoms with van der Waals surface area (Å²) in [7, 11) is 0. The number of rotatable bonds is 4. The highest BCUT2D eigenvalue weighted by molar-refractivity contribution is 6.31. The Balaban J connectivity index is 1.31. The van der Waals surface area contributed by atoms with Crippen molar-refractivity contribution in [2.45, 2.75) is 56.2 Å². The van der Waals surface area contributed by atoms with Crippen molar-refractivity contribution in [1.82, 2.24) is 5.32 Å². The van der Waals surface area contributed by atoms with Crippen LogP contribution in [-0.2, 0) is 6.54 Å². The average Bonchev–Trinajstić information content (AvgIpc) is 3.02. The van der Waals surface area contributed by atoms with Crippen molar-refractivity contribution >= 4 is 11.6 Å². The monoisotopic (exact) mass is 375 g/mol. The van der Waals surface area contributed by atoms with Gasteiger partial charge in [-0.25, -0.2) is 4.39 Å². The molecule has 3 nitrogen and oxygen atoms in total. The van der Waals surface area contributed by atoms with Crippen molar-refractivity contribution in [2.24, 2.45) is 11.8 Å². The molecule has 6 rings (SSSR count). The van der Waals surface area contributed by atoms with Gasteiger partial charge in [0.05, 0.1) is 17.2 Å². The van der Waals surface area contributed by atoms with Gasteiger partial charge in [0, 0.05) is 11.1 Å². The average molecular weight is 376 g/mol. The molecule has 2 aromatic rings. The molecule has 1 heterocycles. The predicted octanol–water partition coefficient (Wildman–Crippen LogP) is 4.91. The lowest BCUT2D eigenvalue weighted by Crippen LogP contribution is -2.64. The molecule has 0 radical (unpaired) electrons. The van der Waals surface area contributed by atoms with Crippen LogP contribution in [0.15, 0.2) is 34.7 Å². The van der Waals surface area contributed by atoms with E-state index in [2.05, 4.69) is 5.32 Å². The third-order valence-corrected chi connectivity index (χ3v) is 6.82. The van der Waals surface area contributed by atoms with Crippen LogP contribution in [0, 0.1) is 17.7 Å². The van der Waals surface area contributed by atoms with Gasteiger partial charge < -0.3 is 14.8 Å². The summed E-state index contributed by atoms with van der Waals surface area (Å²) in [6.45, 7) is 0.643. The fraction of sp³-hybridized carbons (Fsp3) is 0.524. The minimum absolute atomic E-state index is 0.0466. The molecule has 4 saturated carbocycles. The number of nitrogens with one attached hydrogen (secondary N) is 1. The Labute approximate surface area is 157 Å². The maximum absolute atomic E-state index is 13.3. The van der Waals surface area contributed by atoms with Gasteiger partial charge in [-0.1, -0.05) is 11.6 Å². The van der Waals surface area contributed by atoms with E-state index in [9.17, 15) is 9.50 Å². The van der Waals surface area contributed by atoms with E-state index in [0.29, 0.717) is 24.1 Å². The van der Waals surface area contributed by atoms with Crippen LogP contribution in [-0.4, -0.2) is 16.2 Å². The van der Waals surface area contributed by atoms with E-state index < -0.39 is 11.4 Å². The molecule has 0 spiro atoms. The van der Waals surface area contributed by atoms with Crippen LogP contribution in [0.4, 0.5) is 4.39 Å². The lowest BCUT2D eigenvalue weighted by atomic mass is 9.51. The zero-order valence-corrected chi connectivity index (χ0v) is 15.4. The molecule has 1 aromatic heterocycles. The van der Waals surface area contributed by atoms with Crippen molar-refractivity contribution in [3.8, 4) is 11.3 Å². The first-order chi connectivity index (χ1) is 12.4. The fourth-order valence-electron chi connectivity index (χ4n) is 5.97. The number of hydrogen-bond acceptors (Lipinski definition) is 3. The molecule has 26 heavy (non-hydrogen) atoms. The second-order valence-corrected chi connectivity index (χ2v) is 9.12. The molecule has 4 aliphatic carbocycles. The molecule has 2 N–H and O–H groups in total. The molecule has 4 fully saturated rings. The van der Waals surface area contributed by atoms with E-state index in [-0.39, 0.29) is 10.6 Å². The fourth-order valence-corrected chi connectivity index (χ4v) is 6.15. The number of halogens is 2. The topological polar surface area (TPSA) is 45.4 Å². The van der Waals surface area contributed by atoms with Crippen LogP contribution in [0.3, 0.4) is 0 Å². The van der Waals surface area contributed by atoms with E-state index in [0.717, 1.165) is 43.4 Å². The highest BCUT2D eigenvalue weighted by atomic mass is 35.5. The number of furan rings is 1. The Bertz CT molecular complexity index is 834. The van der Waals surface area contributed by atoms with Crippen LogP contribution >= 0.6 is 11.6 Å². The molecule has 1 aromatic carbocycles. The van der Waals surface area contributed by atoms with Gasteiger partial charge in [-0.05, 0) is 80.7 Å². The Kier molecular flexibility index (Phi) is 3.76. The van der Waals surface area contributed by atoms with Crippen LogP contribution in [0.25, 0.3) is 11.3 Å². The molecule has 2 unspecified atom stereocenters. The van der Waals surface area contributed by atoms with Crippen LogP contribution in [0.5, 0.6) is 0 Å². The Morgan fingerprint density at radius 2 is 1.92 bits per heavy atom. The minimum atomic E-state index is -0.462. The van der Waals surface area contributed by atoms with Gasteiger partial charge in [-0.15, -0.1) is 0 Å². The molecular weight excluding hydrogens is 353 g/mol. The molecule has 4 aliphatic rings. The van der Waals surface area contributed by atoms with Crippen molar-refractivity contribution in [2.75, 3.05) is 0 Å². The highest BCUT2D eigenvalue weighted by Gasteiger charge is 2.56. The normalized spacial score (nSPS) is 35.2. The maximum atomic E-state index is 13.3. The van der Waals surface area contributed by atoms with Gasteiger partial charge in [0.15, 0.2) is 0 Å². The van der Waals surface area contributed by atoms with Crippen molar-refractivity contribution < 1.29 is 13.9 Å². The summed E-state index contributed by atoms with van der Waals surface area (Å²) in [4.78, 5) is 0. The maximum Gasteiger partial charge on any atom is 0.141 e. The Morgan fingerprint density at radius 1 is 1.15 bits per heavy atom. The quantitative estimate of drug-likeness (QED) is 0.797. The van der Waals surface area contributed by atoms with E-state index in [1.807, 2.05) is 12.1 Å². The van der Waals surface area contributed by atoms with Crippen molar-refractivity contribution in [3.63, 3.8) is 0 Å².